The highest BCUT2D eigenvalue weighted by Crippen LogP contribution is 2.11. The second-order valence-corrected chi connectivity index (χ2v) is 5.31. The number of hydrogen-bond acceptors (Lipinski definition) is 2. The van der Waals surface area contributed by atoms with Crippen LogP contribution < -0.4 is 5.32 Å². The lowest BCUT2D eigenvalue weighted by Crippen LogP contribution is -2.13. The van der Waals surface area contributed by atoms with Crippen LogP contribution in [0.2, 0.25) is 0 Å². The fourth-order valence-corrected chi connectivity index (χ4v) is 1.90. The van der Waals surface area contributed by atoms with E-state index in [-0.39, 0.29) is 5.91 Å². The van der Waals surface area contributed by atoms with E-state index in [0.717, 1.165) is 10.9 Å². The Morgan fingerprint density at radius 2 is 1.95 bits per heavy atom. The monoisotopic (exact) mass is 318 g/mol. The summed E-state index contributed by atoms with van der Waals surface area (Å²) in [5.41, 5.74) is 2.40. The van der Waals surface area contributed by atoms with E-state index < -0.39 is 0 Å². The van der Waals surface area contributed by atoms with Crippen LogP contribution in [0.1, 0.15) is 17.5 Å². The molecule has 0 aliphatic rings. The van der Waals surface area contributed by atoms with Crippen molar-refractivity contribution in [3.8, 4) is 0 Å². The maximum atomic E-state index is 11.8. The zero-order valence-electron chi connectivity index (χ0n) is 10.7. The largest absolute Gasteiger partial charge is 0.311 e. The molecule has 0 spiro atoms. The molecular weight excluding hydrogens is 304 g/mol. The Hall–Kier alpha value is -1.68. The molecule has 4 heteroatoms. The van der Waals surface area contributed by atoms with Gasteiger partial charge in [0, 0.05) is 17.1 Å². The third kappa shape index (κ3) is 4.48. The minimum Gasteiger partial charge on any atom is -0.311 e. The molecule has 1 amide bonds. The number of rotatable bonds is 4. The van der Waals surface area contributed by atoms with Crippen molar-refractivity contribution >= 4 is 27.7 Å². The smallest absolute Gasteiger partial charge is 0.225 e. The topological polar surface area (TPSA) is 42.0 Å². The van der Waals surface area contributed by atoms with E-state index >= 15 is 0 Å². The van der Waals surface area contributed by atoms with Gasteiger partial charge in [0.2, 0.25) is 5.91 Å². The van der Waals surface area contributed by atoms with Gasteiger partial charge < -0.3 is 5.32 Å². The standard InChI is InChI=1S/C15H15BrN2O/c1-11-2-4-12(5-3-11)6-9-15(19)18-14-8-7-13(16)10-17-14/h2-5,7-8,10H,6,9H2,1H3,(H,17,18,19). The van der Waals surface area contributed by atoms with Gasteiger partial charge in [-0.1, -0.05) is 29.8 Å². The molecule has 19 heavy (non-hydrogen) atoms. The Bertz CT molecular complexity index is 549. The number of carbonyl (C=O) groups is 1. The summed E-state index contributed by atoms with van der Waals surface area (Å²) >= 11 is 3.30. The molecule has 2 aromatic rings. The summed E-state index contributed by atoms with van der Waals surface area (Å²) in [6.45, 7) is 2.05. The van der Waals surface area contributed by atoms with Crippen molar-refractivity contribution in [2.45, 2.75) is 19.8 Å². The third-order valence-corrected chi connectivity index (χ3v) is 3.23. The Labute approximate surface area is 121 Å². The van der Waals surface area contributed by atoms with Crippen LogP contribution >= 0.6 is 15.9 Å². The molecule has 3 nitrogen and oxygen atoms in total. The number of carbonyl (C=O) groups excluding carboxylic acids is 1. The molecule has 1 heterocycles. The van der Waals surface area contributed by atoms with E-state index in [0.29, 0.717) is 12.2 Å². The van der Waals surface area contributed by atoms with E-state index in [9.17, 15) is 4.79 Å². The van der Waals surface area contributed by atoms with Gasteiger partial charge >= 0.3 is 0 Å². The number of halogens is 1. The van der Waals surface area contributed by atoms with E-state index in [1.165, 1.54) is 11.1 Å². The van der Waals surface area contributed by atoms with Gasteiger partial charge in [-0.05, 0) is 47.0 Å². The molecule has 2 rings (SSSR count). The van der Waals surface area contributed by atoms with Gasteiger partial charge in [0.25, 0.3) is 0 Å². The maximum Gasteiger partial charge on any atom is 0.225 e. The average molecular weight is 319 g/mol. The van der Waals surface area contributed by atoms with Crippen molar-refractivity contribution in [3.63, 3.8) is 0 Å². The molecule has 0 unspecified atom stereocenters. The van der Waals surface area contributed by atoms with Crippen molar-refractivity contribution in [1.82, 2.24) is 4.98 Å². The Balaban J connectivity index is 1.84. The minimum absolute atomic E-state index is 0.0182. The third-order valence-electron chi connectivity index (χ3n) is 2.76. The molecule has 0 radical (unpaired) electrons. The lowest BCUT2D eigenvalue weighted by molar-refractivity contribution is -0.116. The van der Waals surface area contributed by atoms with E-state index in [1.54, 1.807) is 12.3 Å². The quantitative estimate of drug-likeness (QED) is 0.933. The summed E-state index contributed by atoms with van der Waals surface area (Å²) in [7, 11) is 0. The zero-order valence-corrected chi connectivity index (χ0v) is 12.3. The van der Waals surface area contributed by atoms with Gasteiger partial charge in [-0.25, -0.2) is 4.98 Å². The summed E-state index contributed by atoms with van der Waals surface area (Å²) in [6.07, 6.45) is 2.86. The molecule has 0 atom stereocenters. The van der Waals surface area contributed by atoms with E-state index in [2.05, 4.69) is 57.4 Å². The van der Waals surface area contributed by atoms with Gasteiger partial charge in [-0.15, -0.1) is 0 Å². The molecule has 0 saturated carbocycles. The summed E-state index contributed by atoms with van der Waals surface area (Å²) < 4.78 is 0.894. The van der Waals surface area contributed by atoms with Gasteiger partial charge in [0.05, 0.1) is 0 Å². The molecule has 0 saturated heterocycles. The van der Waals surface area contributed by atoms with Gasteiger partial charge in [-0.3, -0.25) is 4.79 Å². The normalized spacial score (nSPS) is 10.2. The van der Waals surface area contributed by atoms with Crippen molar-refractivity contribution in [3.05, 3.63) is 58.2 Å². The molecule has 0 aliphatic carbocycles. The summed E-state index contributed by atoms with van der Waals surface area (Å²) in [4.78, 5) is 15.9. The van der Waals surface area contributed by atoms with Crippen LogP contribution in [0.15, 0.2) is 47.1 Å². The van der Waals surface area contributed by atoms with E-state index in [1.807, 2.05) is 6.07 Å². The van der Waals surface area contributed by atoms with Gasteiger partial charge in [0.1, 0.15) is 5.82 Å². The summed E-state index contributed by atoms with van der Waals surface area (Å²) in [5.74, 6) is 0.563. The predicted molar refractivity (Wildman–Crippen MR) is 80.1 cm³/mol. The SMILES string of the molecule is Cc1ccc(CCC(=O)Nc2ccc(Br)cn2)cc1. The number of amides is 1. The van der Waals surface area contributed by atoms with Crippen LogP contribution in [-0.2, 0) is 11.2 Å². The fourth-order valence-electron chi connectivity index (χ4n) is 1.67. The molecule has 1 N–H and O–H groups in total. The van der Waals surface area contributed by atoms with Gasteiger partial charge in [-0.2, -0.15) is 0 Å². The molecule has 0 aliphatic heterocycles. The second kappa shape index (κ2) is 6.48. The van der Waals surface area contributed by atoms with Crippen LogP contribution in [0.4, 0.5) is 5.82 Å². The molecule has 1 aromatic carbocycles. The molecule has 1 aromatic heterocycles. The number of aromatic nitrogens is 1. The van der Waals surface area contributed by atoms with Crippen LogP contribution in [-0.4, -0.2) is 10.9 Å². The van der Waals surface area contributed by atoms with Crippen molar-refractivity contribution in [2.75, 3.05) is 5.32 Å². The highest BCUT2D eigenvalue weighted by atomic mass is 79.9. The second-order valence-electron chi connectivity index (χ2n) is 4.40. The van der Waals surface area contributed by atoms with Crippen LogP contribution in [0.3, 0.4) is 0 Å². The van der Waals surface area contributed by atoms with Crippen molar-refractivity contribution in [2.24, 2.45) is 0 Å². The highest BCUT2D eigenvalue weighted by molar-refractivity contribution is 9.10. The van der Waals surface area contributed by atoms with Crippen molar-refractivity contribution in [1.29, 1.82) is 0 Å². The van der Waals surface area contributed by atoms with E-state index in [4.69, 9.17) is 0 Å². The van der Waals surface area contributed by atoms with Gasteiger partial charge in [0.15, 0.2) is 0 Å². The molecule has 0 bridgehead atoms. The van der Waals surface area contributed by atoms with Crippen LogP contribution in [0, 0.1) is 6.92 Å². The molecular formula is C15H15BrN2O. The van der Waals surface area contributed by atoms with Crippen LogP contribution in [0.5, 0.6) is 0 Å². The lowest BCUT2D eigenvalue weighted by atomic mass is 10.1. The number of pyridine rings is 1. The Morgan fingerprint density at radius 1 is 1.21 bits per heavy atom. The fraction of sp³-hybridized carbons (Fsp3) is 0.200. The number of anilines is 1. The number of hydrogen-bond donors (Lipinski definition) is 1. The predicted octanol–water partition coefficient (Wildman–Crippen LogP) is 3.72. The highest BCUT2D eigenvalue weighted by Gasteiger charge is 2.04. The minimum atomic E-state index is -0.0182. The molecule has 0 fully saturated rings. The molecule has 98 valence electrons. The number of aryl methyl sites for hydroxylation is 2. The van der Waals surface area contributed by atoms with Crippen LogP contribution in [0.25, 0.3) is 0 Å². The number of nitrogens with zero attached hydrogens (tertiary/aromatic N) is 1. The summed E-state index contributed by atoms with van der Waals surface area (Å²) in [6, 6.07) is 11.9. The first-order valence-corrected chi connectivity index (χ1v) is 6.90. The Morgan fingerprint density at radius 3 is 2.58 bits per heavy atom. The number of nitrogens with one attached hydrogen (secondary N) is 1. The average Bonchev–Trinajstić information content (AvgIpc) is 2.41. The first kappa shape index (κ1) is 13.7. The van der Waals surface area contributed by atoms with Crippen molar-refractivity contribution < 1.29 is 4.79 Å². The maximum absolute atomic E-state index is 11.8. The number of benzene rings is 1. The Kier molecular flexibility index (Phi) is 4.68. The first-order chi connectivity index (χ1) is 9.13. The summed E-state index contributed by atoms with van der Waals surface area (Å²) in [5, 5.41) is 2.78. The lowest BCUT2D eigenvalue weighted by Gasteiger charge is -2.05. The first-order valence-electron chi connectivity index (χ1n) is 6.10. The zero-order chi connectivity index (χ0) is 13.7.